The predicted octanol–water partition coefficient (Wildman–Crippen LogP) is 4.76. The molecule has 0 aliphatic heterocycles. The quantitative estimate of drug-likeness (QED) is 0.566. The molecular weight excluding hydrogens is 243 g/mol. The van der Waals surface area contributed by atoms with Crippen molar-refractivity contribution in [2.45, 2.75) is 45.6 Å². The minimum absolute atomic E-state index is 0.227. The maximum atomic E-state index is 6.24. The van der Waals surface area contributed by atoms with Gasteiger partial charge in [-0.25, -0.2) is 0 Å². The van der Waals surface area contributed by atoms with Gasteiger partial charge >= 0.3 is 0 Å². The lowest BCUT2D eigenvalue weighted by molar-refractivity contribution is 0.566. The lowest BCUT2D eigenvalue weighted by atomic mass is 10.2. The summed E-state index contributed by atoms with van der Waals surface area (Å²) in [4.78, 5) is 0. The normalized spacial score (nSPS) is 13.9. The highest BCUT2D eigenvalue weighted by Gasteiger charge is 2.20. The average molecular weight is 266 g/mol. The molecule has 0 amide bonds. The first-order valence-corrected chi connectivity index (χ1v) is 10.3. The SMILES string of the molecule is CC(C)(C)P=C(O[Si](C)(C)C)c1ccccc1. The Labute approximate surface area is 108 Å². The summed E-state index contributed by atoms with van der Waals surface area (Å²) >= 11 is 0. The Bertz CT molecular complexity index is 385. The smallest absolute Gasteiger partial charge is 0.192 e. The van der Waals surface area contributed by atoms with Crippen LogP contribution in [0.15, 0.2) is 30.3 Å². The average Bonchev–Trinajstić information content (AvgIpc) is 2.14. The van der Waals surface area contributed by atoms with Crippen LogP contribution in [0, 0.1) is 0 Å². The maximum absolute atomic E-state index is 6.24. The van der Waals surface area contributed by atoms with Gasteiger partial charge in [0.25, 0.3) is 0 Å². The van der Waals surface area contributed by atoms with Crippen molar-refractivity contribution in [2.75, 3.05) is 0 Å². The van der Waals surface area contributed by atoms with Crippen molar-refractivity contribution < 1.29 is 4.43 Å². The molecule has 0 aliphatic rings. The van der Waals surface area contributed by atoms with Crippen LogP contribution >= 0.6 is 8.20 Å². The van der Waals surface area contributed by atoms with Gasteiger partial charge in [0, 0.05) is 10.7 Å². The highest BCUT2D eigenvalue weighted by atomic mass is 31.1. The van der Waals surface area contributed by atoms with E-state index < -0.39 is 8.32 Å². The highest BCUT2D eigenvalue weighted by Crippen LogP contribution is 2.27. The number of rotatable bonds is 3. The van der Waals surface area contributed by atoms with Crippen molar-refractivity contribution in [1.29, 1.82) is 0 Å². The highest BCUT2D eigenvalue weighted by molar-refractivity contribution is 7.42. The minimum Gasteiger partial charge on any atom is -0.382 e. The molecule has 1 nitrogen and oxygen atoms in total. The fourth-order valence-corrected chi connectivity index (χ4v) is 3.91. The standard InChI is InChI=1S/C14H23OPSi/c1-14(2,3)16-13(15-17(4,5)6)12-10-8-7-9-11-12/h7-11H,1-6H3. The molecular formula is C14H23OPSi. The van der Waals surface area contributed by atoms with Gasteiger partial charge < -0.3 is 4.43 Å². The van der Waals surface area contributed by atoms with Crippen molar-refractivity contribution in [1.82, 2.24) is 0 Å². The number of hydrogen-bond acceptors (Lipinski definition) is 1. The Morgan fingerprint density at radius 3 is 2.00 bits per heavy atom. The molecule has 1 aromatic carbocycles. The molecule has 17 heavy (non-hydrogen) atoms. The summed E-state index contributed by atoms with van der Waals surface area (Å²) in [7, 11) is -0.285. The Hall–Kier alpha value is -0.433. The molecule has 0 N–H and O–H groups in total. The summed E-state index contributed by atoms with van der Waals surface area (Å²) < 4.78 is 6.24. The van der Waals surface area contributed by atoms with E-state index in [0.717, 1.165) is 5.48 Å². The van der Waals surface area contributed by atoms with Crippen LogP contribution < -0.4 is 0 Å². The van der Waals surface area contributed by atoms with Gasteiger partial charge in [0.1, 0.15) is 0 Å². The van der Waals surface area contributed by atoms with Gasteiger partial charge in [0.2, 0.25) is 0 Å². The molecule has 0 atom stereocenters. The second-order valence-corrected chi connectivity index (χ2v) is 12.6. The van der Waals surface area contributed by atoms with Gasteiger partial charge in [0.05, 0.1) is 5.48 Å². The largest absolute Gasteiger partial charge is 0.382 e. The zero-order valence-electron chi connectivity index (χ0n) is 11.7. The Morgan fingerprint density at radius 2 is 1.59 bits per heavy atom. The molecule has 0 radical (unpaired) electrons. The van der Waals surface area contributed by atoms with E-state index >= 15 is 0 Å². The van der Waals surface area contributed by atoms with Gasteiger partial charge in [-0.15, -0.1) is 0 Å². The summed E-state index contributed by atoms with van der Waals surface area (Å²) in [5, 5.41) is 0.227. The Kier molecular flexibility index (Phi) is 4.71. The van der Waals surface area contributed by atoms with E-state index in [1.807, 2.05) is 6.07 Å². The molecule has 0 heterocycles. The van der Waals surface area contributed by atoms with Gasteiger partial charge in [-0.05, 0) is 19.6 Å². The van der Waals surface area contributed by atoms with Crippen LogP contribution in [0.4, 0.5) is 0 Å². The third-order valence-electron chi connectivity index (χ3n) is 1.86. The lowest BCUT2D eigenvalue weighted by Gasteiger charge is -2.22. The first-order chi connectivity index (χ1) is 7.67. The first kappa shape index (κ1) is 14.6. The zero-order chi connectivity index (χ0) is 13.1. The summed E-state index contributed by atoms with van der Waals surface area (Å²) in [5.74, 6) is 0. The van der Waals surface area contributed by atoms with Crippen LogP contribution in [0.1, 0.15) is 26.3 Å². The zero-order valence-corrected chi connectivity index (χ0v) is 13.6. The van der Waals surface area contributed by atoms with Crippen LogP contribution in [-0.4, -0.2) is 19.0 Å². The second-order valence-electron chi connectivity index (χ2n) is 6.17. The molecule has 0 saturated heterocycles. The van der Waals surface area contributed by atoms with E-state index in [4.69, 9.17) is 4.43 Å². The second kappa shape index (κ2) is 5.47. The van der Waals surface area contributed by atoms with E-state index in [2.05, 4.69) is 64.7 Å². The maximum Gasteiger partial charge on any atom is 0.192 e. The lowest BCUT2D eigenvalue weighted by Crippen LogP contribution is -2.29. The summed E-state index contributed by atoms with van der Waals surface area (Å²) in [6, 6.07) is 10.5. The molecule has 1 aromatic rings. The summed E-state index contributed by atoms with van der Waals surface area (Å²) in [6.45, 7) is 13.4. The van der Waals surface area contributed by atoms with Gasteiger partial charge in [-0.3, -0.25) is 0 Å². The molecule has 0 unspecified atom stereocenters. The summed E-state index contributed by atoms with van der Waals surface area (Å²) in [6.07, 6.45) is 0. The van der Waals surface area contributed by atoms with Crippen molar-refractivity contribution in [2.24, 2.45) is 0 Å². The van der Waals surface area contributed by atoms with E-state index in [9.17, 15) is 0 Å². The van der Waals surface area contributed by atoms with E-state index in [1.165, 1.54) is 13.8 Å². The van der Waals surface area contributed by atoms with Crippen LogP contribution in [0.25, 0.3) is 0 Å². The van der Waals surface area contributed by atoms with Crippen molar-refractivity contribution >= 4 is 22.0 Å². The van der Waals surface area contributed by atoms with E-state index in [1.54, 1.807) is 0 Å². The third-order valence-corrected chi connectivity index (χ3v) is 4.07. The predicted molar refractivity (Wildman–Crippen MR) is 81.7 cm³/mol. The first-order valence-electron chi connectivity index (χ1n) is 6.02. The van der Waals surface area contributed by atoms with Crippen LogP contribution in [0.2, 0.25) is 19.6 Å². The monoisotopic (exact) mass is 266 g/mol. The van der Waals surface area contributed by atoms with E-state index in [0.29, 0.717) is 0 Å². The molecule has 94 valence electrons. The molecule has 0 aromatic heterocycles. The molecule has 1 rings (SSSR count). The van der Waals surface area contributed by atoms with Crippen molar-refractivity contribution in [3.63, 3.8) is 0 Å². The van der Waals surface area contributed by atoms with E-state index in [-0.39, 0.29) is 5.16 Å². The fraction of sp³-hybridized carbons (Fsp3) is 0.500. The summed E-state index contributed by atoms with van der Waals surface area (Å²) in [5.41, 5.74) is 2.34. The van der Waals surface area contributed by atoms with Crippen molar-refractivity contribution in [3.05, 3.63) is 35.9 Å². The molecule has 0 saturated carbocycles. The minimum atomic E-state index is -1.55. The number of hydrogen-bond donors (Lipinski definition) is 0. The molecule has 3 heteroatoms. The van der Waals surface area contributed by atoms with Gasteiger partial charge in [-0.1, -0.05) is 59.3 Å². The Balaban J connectivity index is 3.09. The van der Waals surface area contributed by atoms with Crippen LogP contribution in [0.3, 0.4) is 0 Å². The van der Waals surface area contributed by atoms with Crippen LogP contribution in [0.5, 0.6) is 0 Å². The van der Waals surface area contributed by atoms with Crippen molar-refractivity contribution in [3.8, 4) is 0 Å². The third kappa shape index (κ3) is 6.16. The fourth-order valence-electron chi connectivity index (χ4n) is 1.32. The molecule has 0 bridgehead atoms. The Morgan fingerprint density at radius 1 is 1.06 bits per heavy atom. The number of benzene rings is 1. The molecule has 0 spiro atoms. The molecule has 0 aliphatic carbocycles. The van der Waals surface area contributed by atoms with Gasteiger partial charge in [-0.2, -0.15) is 0 Å². The van der Waals surface area contributed by atoms with Crippen LogP contribution in [-0.2, 0) is 4.43 Å². The topological polar surface area (TPSA) is 9.23 Å². The van der Waals surface area contributed by atoms with Gasteiger partial charge in [0.15, 0.2) is 8.32 Å². The molecule has 0 fully saturated rings.